The molecule has 2 heterocycles. The Morgan fingerprint density at radius 2 is 1.90 bits per heavy atom. The fraction of sp³-hybridized carbons (Fsp3) is 0.652. The van der Waals surface area contributed by atoms with Gasteiger partial charge in [0.25, 0.3) is 0 Å². The molecule has 0 spiro atoms. The molecule has 1 unspecified atom stereocenters. The van der Waals surface area contributed by atoms with Gasteiger partial charge in [-0.25, -0.2) is 0 Å². The molecule has 2 saturated heterocycles. The minimum absolute atomic E-state index is 0.0132. The van der Waals surface area contributed by atoms with Crippen LogP contribution in [-0.4, -0.2) is 61.5 Å². The molecule has 1 aromatic carbocycles. The van der Waals surface area contributed by atoms with E-state index in [-0.39, 0.29) is 18.6 Å². The molecular formula is C23H31N3O4. The van der Waals surface area contributed by atoms with Crippen molar-refractivity contribution in [3.05, 3.63) is 29.8 Å². The third-order valence-electron chi connectivity index (χ3n) is 6.89. The number of aliphatic hydroxyl groups excluding tert-OH is 1. The molecular weight excluding hydrogens is 382 g/mol. The van der Waals surface area contributed by atoms with Crippen LogP contribution >= 0.6 is 0 Å². The average Bonchev–Trinajstić information content (AvgIpc) is 3.01. The van der Waals surface area contributed by atoms with E-state index in [0.29, 0.717) is 44.5 Å². The first kappa shape index (κ1) is 21.1. The molecule has 2 bridgehead atoms. The Kier molecular flexibility index (Phi) is 6.57. The first-order valence-electron chi connectivity index (χ1n) is 11.0. The summed E-state index contributed by atoms with van der Waals surface area (Å²) >= 11 is 0. The fourth-order valence-electron chi connectivity index (χ4n) is 5.20. The molecule has 4 rings (SSSR count). The standard InChI is InChI=1S/C23H31N3O4/c24-16-23(7-10-29-11-8-23)22(28)25-21-18-3-4-19(21)15-26(14-18)13-17-1-5-20(6-2-17)30-12-9-27/h1-2,5-6,18-19,21,27H,3-4,7-15H2,(H,25,28)/t18-,19+,21?. The summed E-state index contributed by atoms with van der Waals surface area (Å²) in [5.74, 6) is 1.56. The van der Waals surface area contributed by atoms with Gasteiger partial charge < -0.3 is 19.9 Å². The number of fused-ring (bicyclic) bond motifs is 2. The predicted molar refractivity (Wildman–Crippen MR) is 111 cm³/mol. The number of carbonyl (C=O) groups is 1. The quantitative estimate of drug-likeness (QED) is 0.707. The highest BCUT2D eigenvalue weighted by Gasteiger charge is 2.47. The summed E-state index contributed by atoms with van der Waals surface area (Å²) in [5, 5.41) is 21.8. The lowest BCUT2D eigenvalue weighted by molar-refractivity contribution is -0.134. The Balaban J connectivity index is 1.33. The van der Waals surface area contributed by atoms with E-state index in [0.717, 1.165) is 38.2 Å². The van der Waals surface area contributed by atoms with Gasteiger partial charge in [-0.2, -0.15) is 5.26 Å². The molecule has 1 saturated carbocycles. The maximum Gasteiger partial charge on any atom is 0.240 e. The third kappa shape index (κ3) is 4.46. The van der Waals surface area contributed by atoms with E-state index >= 15 is 0 Å². The largest absolute Gasteiger partial charge is 0.491 e. The lowest BCUT2D eigenvalue weighted by Crippen LogP contribution is -2.55. The van der Waals surface area contributed by atoms with E-state index in [9.17, 15) is 10.1 Å². The predicted octanol–water partition coefficient (Wildman–Crippen LogP) is 1.70. The Labute approximate surface area is 178 Å². The molecule has 1 aromatic rings. The van der Waals surface area contributed by atoms with Gasteiger partial charge in [-0.05, 0) is 55.2 Å². The zero-order valence-corrected chi connectivity index (χ0v) is 17.4. The van der Waals surface area contributed by atoms with Crippen LogP contribution in [0.2, 0.25) is 0 Å². The van der Waals surface area contributed by atoms with Crippen LogP contribution in [0.15, 0.2) is 24.3 Å². The summed E-state index contributed by atoms with van der Waals surface area (Å²) in [6.45, 7) is 4.10. The van der Waals surface area contributed by atoms with E-state index in [1.807, 2.05) is 12.1 Å². The number of ether oxygens (including phenoxy) is 2. The highest BCUT2D eigenvalue weighted by atomic mass is 16.5. The average molecular weight is 414 g/mol. The zero-order valence-electron chi connectivity index (χ0n) is 17.4. The molecule has 7 heteroatoms. The van der Waals surface area contributed by atoms with Crippen molar-refractivity contribution in [2.24, 2.45) is 17.3 Å². The van der Waals surface area contributed by atoms with Gasteiger partial charge in [-0.3, -0.25) is 9.69 Å². The van der Waals surface area contributed by atoms with Crippen LogP contribution in [0.25, 0.3) is 0 Å². The number of carbonyl (C=O) groups excluding carboxylic acids is 1. The second-order valence-electron chi connectivity index (χ2n) is 8.81. The summed E-state index contributed by atoms with van der Waals surface area (Å²) < 4.78 is 10.8. The Morgan fingerprint density at radius 1 is 1.23 bits per heavy atom. The van der Waals surface area contributed by atoms with Crippen molar-refractivity contribution in [3.63, 3.8) is 0 Å². The highest BCUT2D eigenvalue weighted by molar-refractivity contribution is 5.85. The number of rotatable bonds is 7. The molecule has 0 radical (unpaired) electrons. The molecule has 1 amide bonds. The summed E-state index contributed by atoms with van der Waals surface area (Å²) in [5.41, 5.74) is 0.313. The zero-order chi connectivity index (χ0) is 21.0. The molecule has 162 valence electrons. The van der Waals surface area contributed by atoms with Crippen LogP contribution in [0, 0.1) is 28.6 Å². The van der Waals surface area contributed by atoms with Crippen molar-refractivity contribution in [1.82, 2.24) is 10.2 Å². The maximum atomic E-state index is 13.0. The molecule has 3 aliphatic rings. The number of amides is 1. The van der Waals surface area contributed by atoms with Gasteiger partial charge in [-0.1, -0.05) is 12.1 Å². The van der Waals surface area contributed by atoms with Crippen molar-refractivity contribution >= 4 is 5.91 Å². The van der Waals surface area contributed by atoms with Crippen LogP contribution in [0.3, 0.4) is 0 Å². The molecule has 2 aliphatic heterocycles. The summed E-state index contributed by atoms with van der Waals surface area (Å²) in [6, 6.07) is 10.5. The summed E-state index contributed by atoms with van der Waals surface area (Å²) in [6.07, 6.45) is 3.23. The number of piperidine rings is 1. The number of nitriles is 1. The van der Waals surface area contributed by atoms with E-state index in [1.54, 1.807) is 0 Å². The molecule has 3 atom stereocenters. The number of aliphatic hydroxyl groups is 1. The van der Waals surface area contributed by atoms with E-state index in [1.165, 1.54) is 5.56 Å². The lowest BCUT2D eigenvalue weighted by Gasteiger charge is -2.40. The first-order chi connectivity index (χ1) is 14.6. The minimum Gasteiger partial charge on any atom is -0.491 e. The maximum absolute atomic E-state index is 13.0. The molecule has 7 nitrogen and oxygen atoms in total. The highest BCUT2D eigenvalue weighted by Crippen LogP contribution is 2.39. The number of hydrogen-bond acceptors (Lipinski definition) is 6. The molecule has 3 fully saturated rings. The van der Waals surface area contributed by atoms with Crippen LogP contribution in [0.5, 0.6) is 5.75 Å². The second-order valence-corrected chi connectivity index (χ2v) is 8.81. The number of benzene rings is 1. The van der Waals surface area contributed by atoms with Crippen LogP contribution in [0.1, 0.15) is 31.2 Å². The Hall–Kier alpha value is -2.14. The third-order valence-corrected chi connectivity index (χ3v) is 6.89. The van der Waals surface area contributed by atoms with Crippen molar-refractivity contribution < 1.29 is 19.4 Å². The van der Waals surface area contributed by atoms with Crippen molar-refractivity contribution in [3.8, 4) is 11.8 Å². The van der Waals surface area contributed by atoms with Gasteiger partial charge in [0.15, 0.2) is 0 Å². The first-order valence-corrected chi connectivity index (χ1v) is 11.0. The van der Waals surface area contributed by atoms with Gasteiger partial charge in [0.1, 0.15) is 17.8 Å². The lowest BCUT2D eigenvalue weighted by atomic mass is 9.80. The second kappa shape index (κ2) is 9.34. The molecule has 1 aliphatic carbocycles. The van der Waals surface area contributed by atoms with Gasteiger partial charge in [0.05, 0.1) is 12.7 Å². The number of hydrogen-bond donors (Lipinski definition) is 2. The topological polar surface area (TPSA) is 94.8 Å². The number of nitrogens with zero attached hydrogens (tertiary/aromatic N) is 2. The molecule has 30 heavy (non-hydrogen) atoms. The van der Waals surface area contributed by atoms with Gasteiger partial charge in [-0.15, -0.1) is 0 Å². The van der Waals surface area contributed by atoms with Crippen LogP contribution in [-0.2, 0) is 16.1 Å². The number of likely N-dealkylation sites (tertiary alicyclic amines) is 1. The smallest absolute Gasteiger partial charge is 0.240 e. The van der Waals surface area contributed by atoms with Crippen molar-refractivity contribution in [2.75, 3.05) is 39.5 Å². The molecule has 2 N–H and O–H groups in total. The van der Waals surface area contributed by atoms with Gasteiger partial charge in [0, 0.05) is 38.9 Å². The number of nitrogens with one attached hydrogen (secondary N) is 1. The van der Waals surface area contributed by atoms with Gasteiger partial charge in [0.2, 0.25) is 5.91 Å². The Bertz CT molecular complexity index is 756. The SMILES string of the molecule is N#CC1(C(=O)NC2[C@@H]3CC[C@H]2CN(Cc2ccc(OCCO)cc2)C3)CCOCC1. The summed E-state index contributed by atoms with van der Waals surface area (Å²) in [7, 11) is 0. The van der Waals surface area contributed by atoms with Crippen LogP contribution in [0.4, 0.5) is 0 Å². The van der Waals surface area contributed by atoms with Crippen LogP contribution < -0.4 is 10.1 Å². The van der Waals surface area contributed by atoms with Crippen molar-refractivity contribution in [1.29, 1.82) is 5.26 Å². The van der Waals surface area contributed by atoms with Gasteiger partial charge >= 0.3 is 0 Å². The Morgan fingerprint density at radius 3 is 2.50 bits per heavy atom. The normalized spacial score (nSPS) is 27.9. The van der Waals surface area contributed by atoms with Crippen molar-refractivity contribution in [2.45, 2.75) is 38.3 Å². The monoisotopic (exact) mass is 413 g/mol. The summed E-state index contributed by atoms with van der Waals surface area (Å²) in [4.78, 5) is 15.5. The van der Waals surface area contributed by atoms with E-state index in [4.69, 9.17) is 14.6 Å². The van der Waals surface area contributed by atoms with E-state index in [2.05, 4.69) is 28.4 Å². The molecule has 0 aromatic heterocycles. The minimum atomic E-state index is -0.922. The fourth-order valence-corrected chi connectivity index (χ4v) is 5.20. The van der Waals surface area contributed by atoms with E-state index < -0.39 is 5.41 Å².